The second kappa shape index (κ2) is 8.85. The monoisotopic (exact) mass is 384 g/mol. The first-order valence-corrected chi connectivity index (χ1v) is 10.8. The van der Waals surface area contributed by atoms with Crippen LogP contribution in [0.3, 0.4) is 0 Å². The van der Waals surface area contributed by atoms with Gasteiger partial charge in [-0.3, -0.25) is 9.69 Å². The second-order valence-electron chi connectivity index (χ2n) is 7.59. The molecule has 27 heavy (non-hydrogen) atoms. The number of benzene rings is 1. The first kappa shape index (κ1) is 18.4. The molecule has 2 fully saturated rings. The minimum absolute atomic E-state index is 0.302. The van der Waals surface area contributed by atoms with Crippen LogP contribution in [0.4, 0.5) is 5.13 Å². The Bertz CT molecular complexity index is 705. The van der Waals surface area contributed by atoms with Crippen molar-refractivity contribution in [1.82, 2.24) is 14.8 Å². The van der Waals surface area contributed by atoms with Crippen molar-refractivity contribution >= 4 is 22.4 Å². The quantitative estimate of drug-likeness (QED) is 0.795. The lowest BCUT2D eigenvalue weighted by Gasteiger charge is -2.37. The Hall–Kier alpha value is -1.92. The number of amides is 1. The highest BCUT2D eigenvalue weighted by Gasteiger charge is 2.26. The number of carbonyl (C=O) groups excluding carboxylic acids is 1. The highest BCUT2D eigenvalue weighted by atomic mass is 32.1. The van der Waals surface area contributed by atoms with Crippen LogP contribution >= 0.6 is 11.3 Å². The summed E-state index contributed by atoms with van der Waals surface area (Å²) in [5.41, 5.74) is 1.42. The lowest BCUT2D eigenvalue weighted by atomic mass is 9.90. The van der Waals surface area contributed by atoms with E-state index in [1.807, 2.05) is 11.6 Å². The molecule has 1 aromatic heterocycles. The van der Waals surface area contributed by atoms with E-state index in [2.05, 4.69) is 50.0 Å². The summed E-state index contributed by atoms with van der Waals surface area (Å²) in [7, 11) is 0. The molecule has 5 nitrogen and oxygen atoms in total. The molecule has 0 radical (unpaired) electrons. The summed E-state index contributed by atoms with van der Waals surface area (Å²) in [6.45, 7) is 6.19. The lowest BCUT2D eigenvalue weighted by Crippen LogP contribution is -2.51. The SMILES string of the molecule is O=C(CN1CCN(c2nccs2)CC1)N1CCC(Cc2ccccc2)CC1. The summed E-state index contributed by atoms with van der Waals surface area (Å²) >= 11 is 1.69. The van der Waals surface area contributed by atoms with Gasteiger partial charge in [-0.25, -0.2) is 4.98 Å². The lowest BCUT2D eigenvalue weighted by molar-refractivity contribution is -0.133. The fourth-order valence-electron chi connectivity index (χ4n) is 4.09. The van der Waals surface area contributed by atoms with Crippen LogP contribution in [0.5, 0.6) is 0 Å². The average molecular weight is 385 g/mol. The Kier molecular flexibility index (Phi) is 6.04. The molecule has 0 bridgehead atoms. The number of rotatable bonds is 5. The van der Waals surface area contributed by atoms with Gasteiger partial charge in [0.2, 0.25) is 5.91 Å². The second-order valence-corrected chi connectivity index (χ2v) is 8.46. The van der Waals surface area contributed by atoms with Crippen molar-refractivity contribution in [3.63, 3.8) is 0 Å². The van der Waals surface area contributed by atoms with E-state index in [0.717, 1.165) is 63.7 Å². The van der Waals surface area contributed by atoms with Crippen LogP contribution in [0.1, 0.15) is 18.4 Å². The number of likely N-dealkylation sites (tertiary alicyclic amines) is 1. The van der Waals surface area contributed by atoms with Gasteiger partial charge in [-0.05, 0) is 30.7 Å². The van der Waals surface area contributed by atoms with Crippen molar-refractivity contribution in [2.75, 3.05) is 50.7 Å². The molecule has 4 rings (SSSR count). The van der Waals surface area contributed by atoms with E-state index in [-0.39, 0.29) is 0 Å². The van der Waals surface area contributed by atoms with Gasteiger partial charge < -0.3 is 9.80 Å². The number of anilines is 1. The summed E-state index contributed by atoms with van der Waals surface area (Å²) in [4.78, 5) is 23.8. The first-order chi connectivity index (χ1) is 13.3. The maximum Gasteiger partial charge on any atom is 0.236 e. The number of aromatic nitrogens is 1. The number of thiazole rings is 1. The summed E-state index contributed by atoms with van der Waals surface area (Å²) in [5, 5.41) is 3.12. The van der Waals surface area contributed by atoms with Crippen LogP contribution in [-0.4, -0.2) is 66.5 Å². The summed E-state index contributed by atoms with van der Waals surface area (Å²) in [6, 6.07) is 10.7. The standard InChI is InChI=1S/C21H28N4OS/c26-20(17-23-11-13-25(14-12-23)21-22-8-15-27-21)24-9-6-19(7-10-24)16-18-4-2-1-3-5-18/h1-5,8,15,19H,6-7,9-14,16-17H2. The van der Waals surface area contributed by atoms with Crippen molar-refractivity contribution in [1.29, 1.82) is 0 Å². The van der Waals surface area contributed by atoms with Crippen molar-refractivity contribution in [3.8, 4) is 0 Å². The molecule has 2 aromatic rings. The number of hydrogen-bond acceptors (Lipinski definition) is 5. The Balaban J connectivity index is 1.19. The van der Waals surface area contributed by atoms with Gasteiger partial charge in [-0.2, -0.15) is 0 Å². The van der Waals surface area contributed by atoms with Crippen LogP contribution in [-0.2, 0) is 11.2 Å². The van der Waals surface area contributed by atoms with Gasteiger partial charge >= 0.3 is 0 Å². The predicted octanol–water partition coefficient (Wildman–Crippen LogP) is 2.75. The minimum atomic E-state index is 0.302. The normalized spacial score (nSPS) is 19.4. The smallest absolute Gasteiger partial charge is 0.236 e. The van der Waals surface area contributed by atoms with Gasteiger partial charge in [-0.15, -0.1) is 11.3 Å². The van der Waals surface area contributed by atoms with E-state index >= 15 is 0 Å². The van der Waals surface area contributed by atoms with E-state index < -0.39 is 0 Å². The number of piperazine rings is 1. The topological polar surface area (TPSA) is 39.7 Å². The highest BCUT2D eigenvalue weighted by Crippen LogP contribution is 2.22. The van der Waals surface area contributed by atoms with Crippen molar-refractivity contribution in [3.05, 3.63) is 47.5 Å². The summed E-state index contributed by atoms with van der Waals surface area (Å²) < 4.78 is 0. The zero-order valence-electron chi connectivity index (χ0n) is 15.8. The van der Waals surface area contributed by atoms with Gasteiger partial charge in [0.25, 0.3) is 0 Å². The average Bonchev–Trinajstić information content (AvgIpc) is 3.25. The molecule has 0 saturated carbocycles. The molecular formula is C21H28N4OS. The molecule has 144 valence electrons. The van der Waals surface area contributed by atoms with E-state index in [0.29, 0.717) is 18.4 Å². The molecule has 0 atom stereocenters. The van der Waals surface area contributed by atoms with Gasteiger partial charge in [0.1, 0.15) is 0 Å². The molecule has 0 spiro atoms. The molecule has 2 aliphatic rings. The first-order valence-electron chi connectivity index (χ1n) is 9.96. The minimum Gasteiger partial charge on any atom is -0.346 e. The van der Waals surface area contributed by atoms with Crippen LogP contribution in [0.15, 0.2) is 41.9 Å². The number of carbonyl (C=O) groups is 1. The fraction of sp³-hybridized carbons (Fsp3) is 0.524. The van der Waals surface area contributed by atoms with Gasteiger partial charge in [-0.1, -0.05) is 30.3 Å². The number of hydrogen-bond donors (Lipinski definition) is 0. The van der Waals surface area contributed by atoms with E-state index in [4.69, 9.17) is 0 Å². The molecule has 0 N–H and O–H groups in total. The van der Waals surface area contributed by atoms with Crippen molar-refractivity contribution in [2.24, 2.45) is 5.92 Å². The van der Waals surface area contributed by atoms with Crippen LogP contribution in [0, 0.1) is 5.92 Å². The third-order valence-electron chi connectivity index (χ3n) is 5.76. The third-order valence-corrected chi connectivity index (χ3v) is 6.59. The maximum absolute atomic E-state index is 12.7. The zero-order valence-corrected chi connectivity index (χ0v) is 16.6. The van der Waals surface area contributed by atoms with Crippen LogP contribution in [0.2, 0.25) is 0 Å². The fourth-order valence-corrected chi connectivity index (χ4v) is 4.79. The maximum atomic E-state index is 12.7. The van der Waals surface area contributed by atoms with Gasteiger partial charge in [0.15, 0.2) is 5.13 Å². The Morgan fingerprint density at radius 1 is 1.04 bits per heavy atom. The Morgan fingerprint density at radius 3 is 2.44 bits per heavy atom. The number of nitrogens with zero attached hydrogens (tertiary/aromatic N) is 4. The molecule has 1 amide bonds. The van der Waals surface area contributed by atoms with Crippen molar-refractivity contribution in [2.45, 2.75) is 19.3 Å². The summed E-state index contributed by atoms with van der Waals surface area (Å²) in [6.07, 6.45) is 5.25. The molecular weight excluding hydrogens is 356 g/mol. The Labute approximate surface area is 165 Å². The molecule has 0 unspecified atom stereocenters. The van der Waals surface area contributed by atoms with Crippen molar-refractivity contribution < 1.29 is 4.79 Å². The van der Waals surface area contributed by atoms with Gasteiger partial charge in [0.05, 0.1) is 6.54 Å². The van der Waals surface area contributed by atoms with Crippen LogP contribution in [0.25, 0.3) is 0 Å². The Morgan fingerprint density at radius 2 is 1.78 bits per heavy atom. The van der Waals surface area contributed by atoms with E-state index in [9.17, 15) is 4.79 Å². The van der Waals surface area contributed by atoms with Gasteiger partial charge in [0, 0.05) is 50.8 Å². The molecule has 1 aromatic carbocycles. The largest absolute Gasteiger partial charge is 0.346 e. The predicted molar refractivity (Wildman–Crippen MR) is 110 cm³/mol. The third kappa shape index (κ3) is 4.87. The highest BCUT2D eigenvalue weighted by molar-refractivity contribution is 7.13. The number of piperidine rings is 1. The van der Waals surface area contributed by atoms with Crippen LogP contribution < -0.4 is 4.90 Å². The molecule has 0 aliphatic carbocycles. The van der Waals surface area contributed by atoms with E-state index in [1.165, 1.54) is 5.56 Å². The molecule has 2 saturated heterocycles. The molecule has 3 heterocycles. The summed E-state index contributed by atoms with van der Waals surface area (Å²) in [5.74, 6) is 1.01. The van der Waals surface area contributed by atoms with E-state index in [1.54, 1.807) is 11.3 Å². The zero-order chi connectivity index (χ0) is 18.5. The molecule has 6 heteroatoms. The molecule has 2 aliphatic heterocycles.